The molecule has 3 rings (SSSR count). The van der Waals surface area contributed by atoms with Gasteiger partial charge in [-0.2, -0.15) is 0 Å². The van der Waals surface area contributed by atoms with Crippen molar-refractivity contribution < 1.29 is 13.9 Å². The summed E-state index contributed by atoms with van der Waals surface area (Å²) in [5.41, 5.74) is 0.555. The largest absolute Gasteiger partial charge is 0.487 e. The van der Waals surface area contributed by atoms with E-state index in [0.717, 1.165) is 5.01 Å². The van der Waals surface area contributed by atoms with Gasteiger partial charge in [-0.25, -0.2) is 9.07 Å². The van der Waals surface area contributed by atoms with Gasteiger partial charge in [0.25, 0.3) is 0 Å². The van der Waals surface area contributed by atoms with E-state index < -0.39 is 0 Å². The molecule has 0 aliphatic rings. The Morgan fingerprint density at radius 3 is 2.79 bits per heavy atom. The van der Waals surface area contributed by atoms with Crippen LogP contribution in [0.25, 0.3) is 0 Å². The molecule has 3 aromatic rings. The Morgan fingerprint density at radius 1 is 1.29 bits per heavy atom. The van der Waals surface area contributed by atoms with E-state index >= 15 is 0 Å². The van der Waals surface area contributed by atoms with Crippen molar-refractivity contribution in [3.63, 3.8) is 0 Å². The topological polar surface area (TPSA) is 94.8 Å². The molecule has 8 nitrogen and oxygen atoms in total. The number of aryl methyl sites for hydroxylation is 1. The van der Waals surface area contributed by atoms with Crippen LogP contribution in [0.2, 0.25) is 0 Å². The van der Waals surface area contributed by atoms with Crippen LogP contribution in [-0.2, 0) is 17.9 Å². The molecule has 10 heteroatoms. The van der Waals surface area contributed by atoms with Crippen LogP contribution in [0.3, 0.4) is 0 Å². The number of amides is 1. The summed E-state index contributed by atoms with van der Waals surface area (Å²) >= 11 is 1.29. The summed E-state index contributed by atoms with van der Waals surface area (Å²) < 4.78 is 19.7. The molecule has 1 aromatic carbocycles. The molecule has 0 atom stereocenters. The first-order chi connectivity index (χ1) is 11.6. The standard InChI is InChI=1S/C14H13FN6O2S/c1-9-17-19-14(24-9)16-13(22)7-21-6-11(18-20-21)8-23-12-4-2-10(15)3-5-12/h2-6H,7-8H2,1H3,(H,16,19,22). The second kappa shape index (κ2) is 7.13. The lowest BCUT2D eigenvalue weighted by atomic mass is 10.3. The highest BCUT2D eigenvalue weighted by Crippen LogP contribution is 2.14. The van der Waals surface area contributed by atoms with Gasteiger partial charge in [0, 0.05) is 0 Å². The minimum Gasteiger partial charge on any atom is -0.487 e. The zero-order valence-corrected chi connectivity index (χ0v) is 13.5. The zero-order valence-electron chi connectivity index (χ0n) is 12.6. The Bertz CT molecular complexity index is 832. The van der Waals surface area contributed by atoms with Crippen molar-refractivity contribution in [1.29, 1.82) is 0 Å². The summed E-state index contributed by atoms with van der Waals surface area (Å²) in [6.07, 6.45) is 1.61. The number of nitrogens with one attached hydrogen (secondary N) is 1. The van der Waals surface area contributed by atoms with Crippen LogP contribution in [0.5, 0.6) is 5.75 Å². The molecule has 0 unspecified atom stereocenters. The molecular weight excluding hydrogens is 335 g/mol. The van der Waals surface area contributed by atoms with Crippen LogP contribution in [0.15, 0.2) is 30.5 Å². The molecule has 0 aliphatic carbocycles. The predicted octanol–water partition coefficient (Wildman–Crippen LogP) is 1.79. The molecule has 2 heterocycles. The number of nitrogens with zero attached hydrogens (tertiary/aromatic N) is 5. The van der Waals surface area contributed by atoms with Crippen LogP contribution in [0.1, 0.15) is 10.7 Å². The molecule has 0 aliphatic heterocycles. The van der Waals surface area contributed by atoms with Crippen LogP contribution in [0, 0.1) is 12.7 Å². The molecule has 0 saturated carbocycles. The average Bonchev–Trinajstić information content (AvgIpc) is 3.16. The Morgan fingerprint density at radius 2 is 2.08 bits per heavy atom. The molecule has 124 valence electrons. The fourth-order valence-electron chi connectivity index (χ4n) is 1.82. The summed E-state index contributed by atoms with van der Waals surface area (Å²) in [5.74, 6) is -0.0812. The minimum absolute atomic E-state index is 0.00216. The molecule has 2 aromatic heterocycles. The predicted molar refractivity (Wildman–Crippen MR) is 84.0 cm³/mol. The van der Waals surface area contributed by atoms with Crippen molar-refractivity contribution in [3.8, 4) is 5.75 Å². The number of hydrogen-bond acceptors (Lipinski definition) is 7. The summed E-state index contributed by atoms with van der Waals surface area (Å²) in [7, 11) is 0. The molecule has 0 saturated heterocycles. The van der Waals surface area contributed by atoms with Gasteiger partial charge in [-0.1, -0.05) is 16.6 Å². The van der Waals surface area contributed by atoms with Gasteiger partial charge >= 0.3 is 0 Å². The second-order valence-electron chi connectivity index (χ2n) is 4.82. The lowest BCUT2D eigenvalue weighted by Crippen LogP contribution is -2.19. The van der Waals surface area contributed by atoms with Crippen LogP contribution in [0.4, 0.5) is 9.52 Å². The van der Waals surface area contributed by atoms with E-state index in [1.54, 1.807) is 13.1 Å². The summed E-state index contributed by atoms with van der Waals surface area (Å²) in [6.45, 7) is 1.98. The Hall–Kier alpha value is -2.88. The van der Waals surface area contributed by atoms with Crippen LogP contribution < -0.4 is 10.1 Å². The molecular formula is C14H13FN6O2S. The highest BCUT2D eigenvalue weighted by atomic mass is 32.1. The van der Waals surface area contributed by atoms with E-state index in [1.165, 1.54) is 40.3 Å². The lowest BCUT2D eigenvalue weighted by molar-refractivity contribution is -0.116. The van der Waals surface area contributed by atoms with Gasteiger partial charge in [0.1, 0.15) is 35.4 Å². The summed E-state index contributed by atoms with van der Waals surface area (Å²) in [6, 6.07) is 5.67. The number of halogens is 1. The fraction of sp³-hybridized carbons (Fsp3) is 0.214. The number of hydrogen-bond donors (Lipinski definition) is 1. The molecule has 1 N–H and O–H groups in total. The lowest BCUT2D eigenvalue weighted by Gasteiger charge is -2.03. The van der Waals surface area contributed by atoms with Crippen molar-refractivity contribution >= 4 is 22.4 Å². The monoisotopic (exact) mass is 348 g/mol. The van der Waals surface area contributed by atoms with Gasteiger partial charge in [-0.05, 0) is 31.2 Å². The van der Waals surface area contributed by atoms with Gasteiger partial charge in [-0.3, -0.25) is 10.1 Å². The number of carbonyl (C=O) groups is 1. The van der Waals surface area contributed by atoms with E-state index in [1.807, 2.05) is 0 Å². The Labute approximate surface area is 140 Å². The second-order valence-corrected chi connectivity index (χ2v) is 6.01. The quantitative estimate of drug-likeness (QED) is 0.730. The van der Waals surface area contributed by atoms with Crippen LogP contribution >= 0.6 is 11.3 Å². The Kier molecular flexibility index (Phi) is 4.75. The van der Waals surface area contributed by atoms with E-state index in [0.29, 0.717) is 16.6 Å². The van der Waals surface area contributed by atoms with Crippen molar-refractivity contribution in [1.82, 2.24) is 25.2 Å². The van der Waals surface area contributed by atoms with Crippen LogP contribution in [-0.4, -0.2) is 31.1 Å². The molecule has 0 spiro atoms. The fourth-order valence-corrected chi connectivity index (χ4v) is 2.43. The maximum absolute atomic E-state index is 12.8. The highest BCUT2D eigenvalue weighted by Gasteiger charge is 2.09. The number of carbonyl (C=O) groups excluding carboxylic acids is 1. The van der Waals surface area contributed by atoms with E-state index in [2.05, 4.69) is 25.8 Å². The molecule has 24 heavy (non-hydrogen) atoms. The van der Waals surface area contributed by atoms with Gasteiger partial charge < -0.3 is 4.74 Å². The third kappa shape index (κ3) is 4.32. The molecule has 1 amide bonds. The van der Waals surface area contributed by atoms with Gasteiger partial charge in [-0.15, -0.1) is 15.3 Å². The third-order valence-electron chi connectivity index (χ3n) is 2.86. The molecule has 0 bridgehead atoms. The van der Waals surface area contributed by atoms with E-state index in [4.69, 9.17) is 4.74 Å². The molecule has 0 radical (unpaired) electrons. The minimum atomic E-state index is -0.329. The van der Waals surface area contributed by atoms with Gasteiger partial charge in [0.05, 0.1) is 6.20 Å². The maximum atomic E-state index is 12.8. The smallest absolute Gasteiger partial charge is 0.247 e. The SMILES string of the molecule is Cc1nnc(NC(=O)Cn2cc(COc3ccc(F)cc3)nn2)s1. The summed E-state index contributed by atoms with van der Waals surface area (Å²) in [5, 5.41) is 19.3. The Balaban J connectivity index is 1.51. The molecule has 0 fully saturated rings. The van der Waals surface area contributed by atoms with Gasteiger partial charge in [0.15, 0.2) is 0 Å². The first-order valence-corrected chi connectivity index (χ1v) is 7.77. The number of benzene rings is 1. The highest BCUT2D eigenvalue weighted by molar-refractivity contribution is 7.15. The third-order valence-corrected chi connectivity index (χ3v) is 3.62. The average molecular weight is 348 g/mol. The van der Waals surface area contributed by atoms with Crippen molar-refractivity contribution in [2.75, 3.05) is 5.32 Å². The summed E-state index contributed by atoms with van der Waals surface area (Å²) in [4.78, 5) is 11.9. The van der Waals surface area contributed by atoms with Crippen molar-refractivity contribution in [3.05, 3.63) is 47.0 Å². The first-order valence-electron chi connectivity index (χ1n) is 6.96. The van der Waals surface area contributed by atoms with Crippen molar-refractivity contribution in [2.45, 2.75) is 20.1 Å². The number of rotatable bonds is 6. The van der Waals surface area contributed by atoms with Gasteiger partial charge in [0.2, 0.25) is 11.0 Å². The number of aromatic nitrogens is 5. The number of ether oxygens (including phenoxy) is 1. The zero-order chi connectivity index (χ0) is 16.9. The van der Waals surface area contributed by atoms with E-state index in [9.17, 15) is 9.18 Å². The number of anilines is 1. The van der Waals surface area contributed by atoms with E-state index in [-0.39, 0.29) is 24.9 Å². The normalized spacial score (nSPS) is 10.6. The maximum Gasteiger partial charge on any atom is 0.247 e. The van der Waals surface area contributed by atoms with Crippen molar-refractivity contribution in [2.24, 2.45) is 0 Å². The first kappa shape index (κ1) is 16.0.